The van der Waals surface area contributed by atoms with E-state index in [4.69, 9.17) is 4.74 Å². The molecular weight excluding hydrogens is 356 g/mol. The van der Waals surface area contributed by atoms with E-state index < -0.39 is 12.5 Å². The van der Waals surface area contributed by atoms with Crippen LogP contribution >= 0.6 is 0 Å². The molecule has 3 rings (SSSR count). The first kappa shape index (κ1) is 19.0. The van der Waals surface area contributed by atoms with Crippen molar-refractivity contribution >= 4 is 11.7 Å². The number of para-hydroxylation sites is 1. The first-order valence-corrected chi connectivity index (χ1v) is 8.66. The van der Waals surface area contributed by atoms with E-state index in [-0.39, 0.29) is 24.0 Å². The zero-order chi connectivity index (χ0) is 19.2. The van der Waals surface area contributed by atoms with Crippen LogP contribution in [0, 0.1) is 0 Å². The molecule has 1 aliphatic heterocycles. The van der Waals surface area contributed by atoms with Gasteiger partial charge in [-0.3, -0.25) is 4.79 Å². The zero-order valence-corrected chi connectivity index (χ0v) is 14.9. The summed E-state index contributed by atoms with van der Waals surface area (Å²) in [7, 11) is 0. The number of aromatic nitrogens is 1. The van der Waals surface area contributed by atoms with E-state index in [1.807, 2.05) is 19.1 Å². The van der Waals surface area contributed by atoms with Gasteiger partial charge in [-0.1, -0.05) is 18.2 Å². The number of anilines is 1. The quantitative estimate of drug-likeness (QED) is 0.839. The minimum absolute atomic E-state index is 0.0599. The van der Waals surface area contributed by atoms with Crippen LogP contribution in [0.5, 0.6) is 5.75 Å². The summed E-state index contributed by atoms with van der Waals surface area (Å²) < 4.78 is 34.8. The summed E-state index contributed by atoms with van der Waals surface area (Å²) in [4.78, 5) is 18.9. The van der Waals surface area contributed by atoms with E-state index in [1.54, 1.807) is 12.3 Å². The van der Waals surface area contributed by atoms with Gasteiger partial charge in [0.15, 0.2) is 0 Å². The van der Waals surface area contributed by atoms with Gasteiger partial charge < -0.3 is 19.7 Å². The van der Waals surface area contributed by atoms with Crippen LogP contribution in [0.15, 0.2) is 42.6 Å². The van der Waals surface area contributed by atoms with Gasteiger partial charge in [0.05, 0.1) is 18.3 Å². The number of alkyl halides is 2. The first-order chi connectivity index (χ1) is 13.0. The van der Waals surface area contributed by atoms with Crippen molar-refractivity contribution in [1.29, 1.82) is 0 Å². The third-order valence-electron chi connectivity index (χ3n) is 4.17. The molecule has 2 heterocycles. The largest absolute Gasteiger partial charge is 0.434 e. The molecule has 1 aromatic carbocycles. The van der Waals surface area contributed by atoms with E-state index in [2.05, 4.69) is 19.9 Å². The highest BCUT2D eigenvalue weighted by atomic mass is 19.3. The second kappa shape index (κ2) is 8.77. The highest BCUT2D eigenvalue weighted by molar-refractivity contribution is 5.96. The number of ether oxygens (including phenoxy) is 2. The molecule has 0 spiro atoms. The van der Waals surface area contributed by atoms with Crippen molar-refractivity contribution in [3.63, 3.8) is 0 Å². The van der Waals surface area contributed by atoms with Gasteiger partial charge in [0, 0.05) is 25.8 Å². The lowest BCUT2D eigenvalue weighted by Gasteiger charge is -2.32. The van der Waals surface area contributed by atoms with E-state index in [0.717, 1.165) is 24.5 Å². The first-order valence-electron chi connectivity index (χ1n) is 8.66. The second-order valence-electron chi connectivity index (χ2n) is 6.21. The van der Waals surface area contributed by atoms with Crippen LogP contribution < -0.4 is 15.0 Å². The third-order valence-corrected chi connectivity index (χ3v) is 4.17. The van der Waals surface area contributed by atoms with Gasteiger partial charge in [0.25, 0.3) is 5.91 Å². The molecule has 8 heteroatoms. The number of carbonyl (C=O) groups is 1. The van der Waals surface area contributed by atoms with Crippen molar-refractivity contribution in [3.05, 3.63) is 53.7 Å². The standard InChI is InChI=1S/C19H21F2N3O3/c1-13-12-24(8-9-26-13)17-7-6-14(10-22-17)11-23-18(25)15-4-2-3-5-16(15)27-19(20)21/h2-7,10,13,19H,8-9,11-12H2,1H3,(H,23,25). The molecule has 1 amide bonds. The average molecular weight is 377 g/mol. The predicted octanol–water partition coefficient (Wildman–Crippen LogP) is 2.84. The number of amides is 1. The number of hydrogen-bond donors (Lipinski definition) is 1. The fraction of sp³-hybridized carbons (Fsp3) is 0.368. The lowest BCUT2D eigenvalue weighted by atomic mass is 10.2. The molecule has 1 aromatic heterocycles. The van der Waals surface area contributed by atoms with Crippen molar-refractivity contribution in [2.75, 3.05) is 24.6 Å². The number of carbonyl (C=O) groups excluding carboxylic acids is 1. The number of rotatable bonds is 6. The van der Waals surface area contributed by atoms with Crippen LogP contribution in [0.4, 0.5) is 14.6 Å². The summed E-state index contributed by atoms with van der Waals surface area (Å²) in [6.45, 7) is 1.50. The highest BCUT2D eigenvalue weighted by Crippen LogP contribution is 2.20. The van der Waals surface area contributed by atoms with E-state index in [0.29, 0.717) is 6.61 Å². The number of nitrogens with one attached hydrogen (secondary N) is 1. The molecule has 1 unspecified atom stereocenters. The molecule has 1 atom stereocenters. The van der Waals surface area contributed by atoms with Gasteiger partial charge in [-0.15, -0.1) is 0 Å². The van der Waals surface area contributed by atoms with Crippen molar-refractivity contribution in [3.8, 4) is 5.75 Å². The van der Waals surface area contributed by atoms with Crippen LogP contribution in [0.2, 0.25) is 0 Å². The van der Waals surface area contributed by atoms with Gasteiger partial charge >= 0.3 is 6.61 Å². The van der Waals surface area contributed by atoms with E-state index in [1.165, 1.54) is 18.2 Å². The van der Waals surface area contributed by atoms with Crippen LogP contribution in [-0.4, -0.2) is 43.3 Å². The smallest absolute Gasteiger partial charge is 0.387 e. The highest BCUT2D eigenvalue weighted by Gasteiger charge is 2.18. The van der Waals surface area contributed by atoms with Crippen molar-refractivity contribution < 1.29 is 23.0 Å². The Bertz CT molecular complexity index is 771. The summed E-state index contributed by atoms with van der Waals surface area (Å²) in [5.74, 6) is 0.216. The van der Waals surface area contributed by atoms with Crippen molar-refractivity contribution in [1.82, 2.24) is 10.3 Å². The Kier molecular flexibility index (Phi) is 6.18. The SMILES string of the molecule is CC1CN(c2ccc(CNC(=O)c3ccccc3OC(F)F)cn2)CCO1. The Morgan fingerprint density at radius 3 is 2.89 bits per heavy atom. The molecule has 27 heavy (non-hydrogen) atoms. The summed E-state index contributed by atoms with van der Waals surface area (Å²) >= 11 is 0. The number of benzene rings is 1. The molecule has 2 aromatic rings. The van der Waals surface area contributed by atoms with Crippen LogP contribution in [0.3, 0.4) is 0 Å². The molecule has 0 bridgehead atoms. The normalized spacial score (nSPS) is 17.0. The Morgan fingerprint density at radius 2 is 2.19 bits per heavy atom. The number of hydrogen-bond acceptors (Lipinski definition) is 5. The Hall–Kier alpha value is -2.74. The summed E-state index contributed by atoms with van der Waals surface area (Å²) in [5, 5.41) is 2.70. The molecule has 0 radical (unpaired) electrons. The lowest BCUT2D eigenvalue weighted by Crippen LogP contribution is -2.41. The molecule has 1 fully saturated rings. The summed E-state index contributed by atoms with van der Waals surface area (Å²) in [5.41, 5.74) is 0.866. The monoisotopic (exact) mass is 377 g/mol. The molecular formula is C19H21F2N3O3. The molecule has 1 aliphatic rings. The molecule has 1 saturated heterocycles. The lowest BCUT2D eigenvalue weighted by molar-refractivity contribution is -0.0501. The number of morpholine rings is 1. The zero-order valence-electron chi connectivity index (χ0n) is 14.9. The molecule has 0 saturated carbocycles. The molecule has 6 nitrogen and oxygen atoms in total. The fourth-order valence-electron chi connectivity index (χ4n) is 2.87. The van der Waals surface area contributed by atoms with E-state index >= 15 is 0 Å². The maximum Gasteiger partial charge on any atom is 0.387 e. The Labute approximate surface area is 156 Å². The van der Waals surface area contributed by atoms with E-state index in [9.17, 15) is 13.6 Å². The maximum absolute atomic E-state index is 12.5. The minimum atomic E-state index is -2.99. The van der Waals surface area contributed by atoms with Crippen molar-refractivity contribution in [2.45, 2.75) is 26.2 Å². The molecule has 0 aliphatic carbocycles. The molecule has 1 N–H and O–H groups in total. The number of pyridine rings is 1. The van der Waals surface area contributed by atoms with Gasteiger partial charge in [-0.25, -0.2) is 4.98 Å². The van der Waals surface area contributed by atoms with Crippen LogP contribution in [0.25, 0.3) is 0 Å². The van der Waals surface area contributed by atoms with Gasteiger partial charge in [0.2, 0.25) is 0 Å². The Balaban J connectivity index is 1.59. The van der Waals surface area contributed by atoms with Gasteiger partial charge in [0.1, 0.15) is 11.6 Å². The average Bonchev–Trinajstić information content (AvgIpc) is 2.66. The topological polar surface area (TPSA) is 63.7 Å². The summed E-state index contributed by atoms with van der Waals surface area (Å²) in [6, 6.07) is 9.67. The predicted molar refractivity (Wildman–Crippen MR) is 96.1 cm³/mol. The molecule has 144 valence electrons. The third kappa shape index (κ3) is 5.13. The minimum Gasteiger partial charge on any atom is -0.434 e. The fourth-order valence-corrected chi connectivity index (χ4v) is 2.87. The van der Waals surface area contributed by atoms with Crippen molar-refractivity contribution in [2.24, 2.45) is 0 Å². The van der Waals surface area contributed by atoms with Crippen LogP contribution in [0.1, 0.15) is 22.8 Å². The number of halogens is 2. The second-order valence-corrected chi connectivity index (χ2v) is 6.21. The van der Waals surface area contributed by atoms with Gasteiger partial charge in [-0.2, -0.15) is 8.78 Å². The van der Waals surface area contributed by atoms with Gasteiger partial charge in [-0.05, 0) is 30.7 Å². The summed E-state index contributed by atoms with van der Waals surface area (Å²) in [6.07, 6.45) is 1.85. The Morgan fingerprint density at radius 1 is 1.37 bits per heavy atom. The number of nitrogens with zero attached hydrogens (tertiary/aromatic N) is 2. The van der Waals surface area contributed by atoms with Crippen LogP contribution in [-0.2, 0) is 11.3 Å². The maximum atomic E-state index is 12.5.